The van der Waals surface area contributed by atoms with Gasteiger partial charge in [-0.15, -0.1) is 0 Å². The van der Waals surface area contributed by atoms with Crippen LogP contribution in [0.3, 0.4) is 0 Å². The fraction of sp³-hybridized carbons (Fsp3) is 0.241. The highest BCUT2D eigenvalue weighted by atomic mass is 16.3. The third-order valence-corrected chi connectivity index (χ3v) is 5.87. The van der Waals surface area contributed by atoms with Gasteiger partial charge in [-0.25, -0.2) is 4.98 Å². The number of hydrogen-bond donors (Lipinski definition) is 3. The summed E-state index contributed by atoms with van der Waals surface area (Å²) in [5.41, 5.74) is 4.17. The molecule has 0 spiro atoms. The Kier molecular flexibility index (Phi) is 7.12. The minimum Gasteiger partial charge on any atom is -0.396 e. The molecule has 0 fully saturated rings. The van der Waals surface area contributed by atoms with Crippen LogP contribution < -0.4 is 5.32 Å². The zero-order valence-electron chi connectivity index (χ0n) is 20.6. The summed E-state index contributed by atoms with van der Waals surface area (Å²) in [4.78, 5) is 45.2. The third kappa shape index (κ3) is 5.58. The zero-order valence-corrected chi connectivity index (χ0v) is 20.6. The first-order chi connectivity index (χ1) is 17.2. The Bertz CT molecular complexity index is 1410. The van der Waals surface area contributed by atoms with Gasteiger partial charge in [-0.2, -0.15) is 0 Å². The number of aliphatic hydroxyl groups excluding tert-OH is 1. The normalized spacial score (nSPS) is 11.4. The summed E-state index contributed by atoms with van der Waals surface area (Å²) in [5, 5.41) is 11.7. The van der Waals surface area contributed by atoms with Gasteiger partial charge in [0.05, 0.1) is 11.0 Å². The van der Waals surface area contributed by atoms with E-state index in [0.717, 1.165) is 16.6 Å². The summed E-state index contributed by atoms with van der Waals surface area (Å²) in [6.45, 7) is 5.67. The van der Waals surface area contributed by atoms with Crippen molar-refractivity contribution in [3.63, 3.8) is 0 Å². The van der Waals surface area contributed by atoms with Gasteiger partial charge in [0.25, 0.3) is 5.91 Å². The Hall–Kier alpha value is -4.10. The number of ketones is 2. The molecular formula is C29H29N3O4. The molecule has 0 saturated heterocycles. The number of anilines is 1. The predicted octanol–water partition coefficient (Wildman–Crippen LogP) is 5.67. The first-order valence-corrected chi connectivity index (χ1v) is 11.9. The number of aromatic nitrogens is 2. The van der Waals surface area contributed by atoms with Crippen molar-refractivity contribution in [3.05, 3.63) is 83.4 Å². The summed E-state index contributed by atoms with van der Waals surface area (Å²) in [5.74, 6) is 0.402. The van der Waals surface area contributed by atoms with Gasteiger partial charge in [0.1, 0.15) is 5.82 Å². The number of fused-ring (bicyclic) bond motifs is 1. The van der Waals surface area contributed by atoms with E-state index in [1.165, 1.54) is 0 Å². The van der Waals surface area contributed by atoms with Crippen molar-refractivity contribution in [1.82, 2.24) is 9.97 Å². The molecule has 7 heteroatoms. The van der Waals surface area contributed by atoms with Crippen LogP contribution in [0.25, 0.3) is 22.4 Å². The van der Waals surface area contributed by atoms with Gasteiger partial charge in [-0.05, 0) is 61.0 Å². The lowest BCUT2D eigenvalue weighted by molar-refractivity contribution is 0.0858. The van der Waals surface area contributed by atoms with E-state index in [-0.39, 0.29) is 30.5 Å². The van der Waals surface area contributed by atoms with Crippen molar-refractivity contribution >= 4 is 34.2 Å². The Morgan fingerprint density at radius 1 is 0.889 bits per heavy atom. The molecule has 184 valence electrons. The van der Waals surface area contributed by atoms with Crippen LogP contribution in [0.15, 0.2) is 66.7 Å². The molecule has 7 nitrogen and oxygen atoms in total. The van der Waals surface area contributed by atoms with Gasteiger partial charge in [-0.1, -0.05) is 32.9 Å². The van der Waals surface area contributed by atoms with Crippen LogP contribution in [0.5, 0.6) is 0 Å². The average Bonchev–Trinajstić information content (AvgIpc) is 3.30. The van der Waals surface area contributed by atoms with Crippen LogP contribution in [-0.2, 0) is 0 Å². The van der Waals surface area contributed by atoms with Crippen molar-refractivity contribution in [1.29, 1.82) is 0 Å². The number of rotatable bonds is 8. The van der Waals surface area contributed by atoms with E-state index < -0.39 is 5.41 Å². The van der Waals surface area contributed by atoms with Crippen molar-refractivity contribution in [2.24, 2.45) is 5.41 Å². The lowest BCUT2D eigenvalue weighted by atomic mass is 9.86. The Labute approximate surface area is 209 Å². The number of hydrogen-bond acceptors (Lipinski definition) is 5. The standard InChI is InChI=1S/C29H29N3O4/c1-29(2,3)26(35)21-12-15-23-24(17-21)32-27(31-23)19-10-13-22(14-11-19)30-28(36)20-8-6-18(7-9-20)25(34)5-4-16-33/h6-15,17,33H,4-5,16H2,1-3H3,(H,30,36)(H,31,32). The maximum absolute atomic E-state index is 12.6. The number of H-pyrrole nitrogens is 1. The summed E-state index contributed by atoms with van der Waals surface area (Å²) >= 11 is 0. The second kappa shape index (κ2) is 10.3. The molecule has 1 heterocycles. The van der Waals surface area contributed by atoms with Crippen molar-refractivity contribution in [2.75, 3.05) is 11.9 Å². The lowest BCUT2D eigenvalue weighted by Crippen LogP contribution is -2.19. The van der Waals surface area contributed by atoms with E-state index in [1.54, 1.807) is 42.5 Å². The number of imidazole rings is 1. The molecule has 36 heavy (non-hydrogen) atoms. The molecule has 0 saturated carbocycles. The van der Waals surface area contributed by atoms with E-state index in [9.17, 15) is 14.4 Å². The van der Waals surface area contributed by atoms with Gasteiger partial charge < -0.3 is 15.4 Å². The first kappa shape index (κ1) is 25.0. The second-order valence-corrected chi connectivity index (χ2v) is 9.76. The molecule has 0 aliphatic heterocycles. The summed E-state index contributed by atoms with van der Waals surface area (Å²) in [6, 6.07) is 19.3. The number of aromatic amines is 1. The highest BCUT2D eigenvalue weighted by molar-refractivity contribution is 6.05. The smallest absolute Gasteiger partial charge is 0.255 e. The number of amides is 1. The Morgan fingerprint density at radius 3 is 2.17 bits per heavy atom. The van der Waals surface area contributed by atoms with E-state index >= 15 is 0 Å². The van der Waals surface area contributed by atoms with Gasteiger partial charge in [0.2, 0.25) is 0 Å². The molecule has 0 aliphatic rings. The fourth-order valence-electron chi connectivity index (χ4n) is 3.83. The van der Waals surface area contributed by atoms with E-state index in [0.29, 0.717) is 34.6 Å². The van der Waals surface area contributed by atoms with Crippen LogP contribution in [0.2, 0.25) is 0 Å². The van der Waals surface area contributed by atoms with Crippen molar-refractivity contribution in [2.45, 2.75) is 33.6 Å². The lowest BCUT2D eigenvalue weighted by Gasteiger charge is -2.16. The molecule has 1 amide bonds. The fourth-order valence-corrected chi connectivity index (χ4v) is 3.83. The molecular weight excluding hydrogens is 454 g/mol. The molecule has 0 bridgehead atoms. The Balaban J connectivity index is 1.45. The van der Waals surface area contributed by atoms with Crippen LogP contribution in [0.1, 0.15) is 64.7 Å². The zero-order chi connectivity index (χ0) is 25.9. The minimum absolute atomic E-state index is 0.0270. The van der Waals surface area contributed by atoms with Crippen LogP contribution in [0.4, 0.5) is 5.69 Å². The topological polar surface area (TPSA) is 112 Å². The third-order valence-electron chi connectivity index (χ3n) is 5.87. The quantitative estimate of drug-likeness (QED) is 0.280. The number of carbonyl (C=O) groups is 3. The van der Waals surface area contributed by atoms with E-state index in [2.05, 4.69) is 15.3 Å². The average molecular weight is 484 g/mol. The number of nitrogens with one attached hydrogen (secondary N) is 2. The van der Waals surface area contributed by atoms with Crippen LogP contribution >= 0.6 is 0 Å². The number of Topliss-reactive ketones (excluding diaryl/α,β-unsaturated/α-hetero) is 2. The molecule has 4 aromatic rings. The highest BCUT2D eigenvalue weighted by Crippen LogP contribution is 2.26. The predicted molar refractivity (Wildman–Crippen MR) is 140 cm³/mol. The molecule has 4 rings (SSSR count). The van der Waals surface area contributed by atoms with Crippen molar-refractivity contribution < 1.29 is 19.5 Å². The summed E-state index contributed by atoms with van der Waals surface area (Å²) < 4.78 is 0. The molecule has 0 unspecified atom stereocenters. The maximum atomic E-state index is 12.6. The van der Waals surface area contributed by atoms with E-state index in [1.807, 2.05) is 45.0 Å². The van der Waals surface area contributed by atoms with Crippen LogP contribution in [-0.4, -0.2) is 39.2 Å². The molecule has 1 aromatic heterocycles. The SMILES string of the molecule is CC(C)(C)C(=O)c1ccc2nc(-c3ccc(NC(=O)c4ccc(C(=O)CCCO)cc4)cc3)[nH]c2c1. The largest absolute Gasteiger partial charge is 0.396 e. The number of nitrogens with zero attached hydrogens (tertiary/aromatic N) is 1. The van der Waals surface area contributed by atoms with E-state index in [4.69, 9.17) is 5.11 Å². The minimum atomic E-state index is -0.462. The summed E-state index contributed by atoms with van der Waals surface area (Å²) in [7, 11) is 0. The van der Waals surface area contributed by atoms with Gasteiger partial charge in [-0.3, -0.25) is 14.4 Å². The van der Waals surface area contributed by atoms with Gasteiger partial charge in [0, 0.05) is 46.4 Å². The first-order valence-electron chi connectivity index (χ1n) is 11.9. The van der Waals surface area contributed by atoms with Crippen molar-refractivity contribution in [3.8, 4) is 11.4 Å². The monoisotopic (exact) mass is 483 g/mol. The van der Waals surface area contributed by atoms with Gasteiger partial charge >= 0.3 is 0 Å². The maximum Gasteiger partial charge on any atom is 0.255 e. The number of aliphatic hydroxyl groups is 1. The molecule has 3 N–H and O–H groups in total. The molecule has 3 aromatic carbocycles. The molecule has 0 radical (unpaired) electrons. The Morgan fingerprint density at radius 2 is 1.53 bits per heavy atom. The van der Waals surface area contributed by atoms with Crippen LogP contribution in [0, 0.1) is 5.41 Å². The summed E-state index contributed by atoms with van der Waals surface area (Å²) in [6.07, 6.45) is 0.693. The molecule has 0 atom stereocenters. The number of benzene rings is 3. The second-order valence-electron chi connectivity index (χ2n) is 9.76. The highest BCUT2D eigenvalue weighted by Gasteiger charge is 2.23. The van der Waals surface area contributed by atoms with Gasteiger partial charge in [0.15, 0.2) is 11.6 Å². The molecule has 0 aliphatic carbocycles. The number of carbonyl (C=O) groups excluding carboxylic acids is 3.